The summed E-state index contributed by atoms with van der Waals surface area (Å²) in [7, 11) is 4.11. The molecular weight excluding hydrogens is 487 g/mol. The number of hydrogen-bond donors (Lipinski definition) is 2. The molecule has 200 valence electrons. The van der Waals surface area contributed by atoms with Gasteiger partial charge in [-0.15, -0.1) is 0 Å². The predicted octanol–water partition coefficient (Wildman–Crippen LogP) is 3.42. The van der Waals surface area contributed by atoms with E-state index in [1.54, 1.807) is 37.5 Å². The van der Waals surface area contributed by atoms with Crippen molar-refractivity contribution in [3.05, 3.63) is 60.8 Å². The Bertz CT molecular complexity index is 1280. The summed E-state index contributed by atoms with van der Waals surface area (Å²) in [6.07, 6.45) is 6.55. The molecule has 0 aliphatic carbocycles. The maximum absolute atomic E-state index is 15.1. The number of rotatable bonds is 12. The van der Waals surface area contributed by atoms with Crippen LogP contribution in [-0.4, -0.2) is 77.1 Å². The van der Waals surface area contributed by atoms with Crippen LogP contribution in [0, 0.1) is 12.7 Å². The fraction of sp³-hybridized carbons (Fsp3) is 0.370. The molecule has 38 heavy (non-hydrogen) atoms. The summed E-state index contributed by atoms with van der Waals surface area (Å²) in [6.45, 7) is 8.20. The van der Waals surface area contributed by atoms with Crippen molar-refractivity contribution >= 4 is 17.7 Å². The minimum atomic E-state index is -0.554. The Morgan fingerprint density at radius 1 is 1.24 bits per heavy atom. The molecule has 3 heterocycles. The number of ether oxygens (including phenoxy) is 1. The van der Waals surface area contributed by atoms with Gasteiger partial charge in [-0.3, -0.25) is 4.79 Å². The van der Waals surface area contributed by atoms with Crippen molar-refractivity contribution in [2.75, 3.05) is 50.5 Å². The average Bonchev–Trinajstić information content (AvgIpc) is 2.86. The van der Waals surface area contributed by atoms with Crippen LogP contribution in [0.15, 0.2) is 49.3 Å². The summed E-state index contributed by atoms with van der Waals surface area (Å²) in [5.41, 5.74) is 2.00. The van der Waals surface area contributed by atoms with Gasteiger partial charge in [0.15, 0.2) is 11.6 Å². The number of hydrogen-bond acceptors (Lipinski definition) is 9. The minimum Gasteiger partial charge on any atom is -0.421 e. The number of carbonyl (C=O) groups excluding carboxylic acids is 1. The summed E-state index contributed by atoms with van der Waals surface area (Å²) in [4.78, 5) is 33.3. The van der Waals surface area contributed by atoms with E-state index in [0.717, 1.165) is 31.6 Å². The second-order valence-electron chi connectivity index (χ2n) is 9.41. The Balaban J connectivity index is 1.53. The van der Waals surface area contributed by atoms with Crippen molar-refractivity contribution in [3.8, 4) is 22.9 Å². The Hall–Kier alpha value is -4.12. The second kappa shape index (κ2) is 12.4. The normalized spacial score (nSPS) is 13.2. The molecule has 3 aromatic rings. The van der Waals surface area contributed by atoms with Gasteiger partial charge in [0.2, 0.25) is 11.9 Å². The van der Waals surface area contributed by atoms with Crippen molar-refractivity contribution < 1.29 is 13.9 Å². The van der Waals surface area contributed by atoms with Crippen LogP contribution in [0.25, 0.3) is 11.1 Å². The van der Waals surface area contributed by atoms with Crippen LogP contribution in [0.4, 0.5) is 16.2 Å². The topological polar surface area (TPSA) is 108 Å². The molecule has 1 aromatic carbocycles. The lowest BCUT2D eigenvalue weighted by Gasteiger charge is -2.41. The van der Waals surface area contributed by atoms with Crippen LogP contribution in [0.3, 0.4) is 0 Å². The SMILES string of the molecule is C=CC(=O)NC1CN(c2nc(NCCCCN(C)C)ncc2-c2ccc(Oc3nccc(C)n3)c(F)c2)C1. The van der Waals surface area contributed by atoms with Gasteiger partial charge in [-0.2, -0.15) is 4.98 Å². The van der Waals surface area contributed by atoms with Crippen LogP contribution in [0.2, 0.25) is 0 Å². The van der Waals surface area contributed by atoms with Gasteiger partial charge in [0, 0.05) is 43.3 Å². The van der Waals surface area contributed by atoms with Crippen LogP contribution >= 0.6 is 0 Å². The summed E-state index contributed by atoms with van der Waals surface area (Å²) in [6, 6.07) is 6.47. The van der Waals surface area contributed by atoms with Crippen LogP contribution < -0.4 is 20.3 Å². The molecule has 1 fully saturated rings. The van der Waals surface area contributed by atoms with E-state index in [-0.39, 0.29) is 23.7 Å². The molecule has 11 heteroatoms. The number of carbonyl (C=O) groups is 1. The first-order chi connectivity index (χ1) is 18.3. The predicted molar refractivity (Wildman–Crippen MR) is 145 cm³/mol. The van der Waals surface area contributed by atoms with Crippen molar-refractivity contribution in [3.63, 3.8) is 0 Å². The number of aromatic nitrogens is 4. The number of halogens is 1. The number of aryl methyl sites for hydroxylation is 1. The lowest BCUT2D eigenvalue weighted by molar-refractivity contribution is -0.117. The number of nitrogens with zero attached hydrogens (tertiary/aromatic N) is 6. The van der Waals surface area contributed by atoms with Gasteiger partial charge in [-0.25, -0.2) is 19.3 Å². The minimum absolute atomic E-state index is 0.0207. The fourth-order valence-corrected chi connectivity index (χ4v) is 3.98. The lowest BCUT2D eigenvalue weighted by Crippen LogP contribution is -2.59. The van der Waals surface area contributed by atoms with Crippen LogP contribution in [0.1, 0.15) is 18.5 Å². The zero-order chi connectivity index (χ0) is 27.1. The van der Waals surface area contributed by atoms with Crippen molar-refractivity contribution in [1.82, 2.24) is 30.2 Å². The Morgan fingerprint density at radius 3 is 2.76 bits per heavy atom. The lowest BCUT2D eigenvalue weighted by atomic mass is 10.0. The summed E-state index contributed by atoms with van der Waals surface area (Å²) in [5.74, 6) is 0.419. The van der Waals surface area contributed by atoms with E-state index in [2.05, 4.69) is 51.2 Å². The first kappa shape index (κ1) is 26.9. The van der Waals surface area contributed by atoms with E-state index in [1.807, 2.05) is 4.90 Å². The molecule has 0 bridgehead atoms. The maximum Gasteiger partial charge on any atom is 0.322 e. The molecule has 2 N–H and O–H groups in total. The summed E-state index contributed by atoms with van der Waals surface area (Å²) in [5, 5.41) is 6.18. The van der Waals surface area contributed by atoms with Crippen molar-refractivity contribution in [2.24, 2.45) is 0 Å². The third-order valence-corrected chi connectivity index (χ3v) is 6.01. The number of anilines is 2. The molecule has 0 saturated carbocycles. The Kier molecular flexibility index (Phi) is 8.80. The zero-order valence-corrected chi connectivity index (χ0v) is 21.9. The highest BCUT2D eigenvalue weighted by atomic mass is 19.1. The monoisotopic (exact) mass is 520 g/mol. The molecule has 0 spiro atoms. The van der Waals surface area contributed by atoms with Crippen LogP contribution in [-0.2, 0) is 4.79 Å². The van der Waals surface area contributed by atoms with Gasteiger partial charge in [0.05, 0.1) is 6.04 Å². The van der Waals surface area contributed by atoms with Crippen molar-refractivity contribution in [2.45, 2.75) is 25.8 Å². The van der Waals surface area contributed by atoms with E-state index in [1.165, 1.54) is 12.1 Å². The highest BCUT2D eigenvalue weighted by Gasteiger charge is 2.31. The average molecular weight is 521 g/mol. The third kappa shape index (κ3) is 7.00. The van der Waals surface area contributed by atoms with E-state index >= 15 is 4.39 Å². The molecule has 1 aliphatic rings. The molecule has 1 amide bonds. The quantitative estimate of drug-likeness (QED) is 0.274. The van der Waals surface area contributed by atoms with E-state index < -0.39 is 5.82 Å². The second-order valence-corrected chi connectivity index (χ2v) is 9.41. The number of nitrogens with one attached hydrogen (secondary N) is 2. The largest absolute Gasteiger partial charge is 0.421 e. The molecule has 2 aromatic heterocycles. The summed E-state index contributed by atoms with van der Waals surface area (Å²) >= 11 is 0. The molecule has 10 nitrogen and oxygen atoms in total. The smallest absolute Gasteiger partial charge is 0.322 e. The first-order valence-corrected chi connectivity index (χ1v) is 12.5. The van der Waals surface area contributed by atoms with E-state index in [0.29, 0.717) is 36.0 Å². The molecule has 4 rings (SSSR count). The molecule has 1 aliphatic heterocycles. The third-order valence-electron chi connectivity index (χ3n) is 6.01. The number of amides is 1. The first-order valence-electron chi connectivity index (χ1n) is 12.5. The maximum atomic E-state index is 15.1. The van der Waals surface area contributed by atoms with E-state index in [9.17, 15) is 4.79 Å². The van der Waals surface area contributed by atoms with E-state index in [4.69, 9.17) is 9.72 Å². The molecule has 0 radical (unpaired) electrons. The van der Waals surface area contributed by atoms with Crippen molar-refractivity contribution in [1.29, 1.82) is 0 Å². The standard InChI is InChI=1S/C27H33FN8O2/c1-5-24(37)33-20-16-36(17-20)25-21(15-31-26(34-25)29-11-6-7-13-35(3)4)19-8-9-23(22(28)14-19)38-27-30-12-10-18(2)32-27/h5,8-10,12,14-15,20H,1,6-7,11,13,16-17H2,2-4H3,(H,33,37)(H,29,31,34). The van der Waals surface area contributed by atoms with Gasteiger partial charge in [0.1, 0.15) is 5.82 Å². The zero-order valence-electron chi connectivity index (χ0n) is 21.9. The van der Waals surface area contributed by atoms with Gasteiger partial charge in [0.25, 0.3) is 0 Å². The molecular formula is C27H33FN8O2. The highest BCUT2D eigenvalue weighted by molar-refractivity contribution is 5.87. The van der Waals surface area contributed by atoms with Gasteiger partial charge >= 0.3 is 6.01 Å². The Morgan fingerprint density at radius 2 is 2.05 bits per heavy atom. The highest BCUT2D eigenvalue weighted by Crippen LogP contribution is 2.34. The fourth-order valence-electron chi connectivity index (χ4n) is 3.98. The molecule has 1 saturated heterocycles. The number of unbranched alkanes of at least 4 members (excludes halogenated alkanes) is 1. The van der Waals surface area contributed by atoms with Crippen LogP contribution in [0.5, 0.6) is 11.8 Å². The van der Waals surface area contributed by atoms with Gasteiger partial charge in [-0.05, 0) is 70.2 Å². The van der Waals surface area contributed by atoms with Gasteiger partial charge in [-0.1, -0.05) is 12.6 Å². The molecule has 0 unspecified atom stereocenters. The summed E-state index contributed by atoms with van der Waals surface area (Å²) < 4.78 is 20.6. The van der Waals surface area contributed by atoms with Gasteiger partial charge < -0.3 is 25.2 Å². The molecule has 0 atom stereocenters. The Labute approximate surface area is 222 Å². The number of benzene rings is 1.